The zero-order valence-corrected chi connectivity index (χ0v) is 24.6. The molecule has 0 unspecified atom stereocenters. The van der Waals surface area contributed by atoms with E-state index in [4.69, 9.17) is 9.47 Å². The van der Waals surface area contributed by atoms with Gasteiger partial charge in [0.05, 0.1) is 0 Å². The number of carbonyl (C=O) groups excluding carboxylic acids is 2. The number of anilines is 3. The minimum atomic E-state index is -0.406. The van der Waals surface area contributed by atoms with Crippen LogP contribution in [0.5, 0.6) is 0 Å². The van der Waals surface area contributed by atoms with E-state index >= 15 is 0 Å². The molecule has 0 saturated carbocycles. The van der Waals surface area contributed by atoms with Gasteiger partial charge in [-0.25, -0.2) is 9.59 Å². The van der Waals surface area contributed by atoms with Gasteiger partial charge in [-0.2, -0.15) is 0 Å². The number of hydrogen-bond donors (Lipinski definition) is 0. The first-order valence-corrected chi connectivity index (χ1v) is 13.9. The second-order valence-corrected chi connectivity index (χ2v) is 11.3. The van der Waals surface area contributed by atoms with Crippen molar-refractivity contribution < 1.29 is 19.1 Å². The van der Waals surface area contributed by atoms with Gasteiger partial charge in [0.15, 0.2) is 0 Å². The van der Waals surface area contributed by atoms with Gasteiger partial charge in [0.2, 0.25) is 0 Å². The lowest BCUT2D eigenvalue weighted by atomic mass is 9.82. The molecule has 5 heteroatoms. The van der Waals surface area contributed by atoms with Crippen molar-refractivity contribution in [3.05, 3.63) is 138 Å². The van der Waals surface area contributed by atoms with Crippen molar-refractivity contribution >= 4 is 29.0 Å². The molecule has 0 bridgehead atoms. The predicted octanol–water partition coefficient (Wildman–Crippen LogP) is 8.70. The minimum absolute atomic E-state index is 0.137. The molecule has 0 spiro atoms. The molecule has 5 rings (SSSR count). The highest BCUT2D eigenvalue weighted by Crippen LogP contribution is 2.50. The van der Waals surface area contributed by atoms with Gasteiger partial charge in [0.1, 0.15) is 13.2 Å². The Morgan fingerprint density at radius 2 is 1.10 bits per heavy atom. The third kappa shape index (κ3) is 5.64. The molecule has 0 fully saturated rings. The summed E-state index contributed by atoms with van der Waals surface area (Å²) in [5, 5.41) is 0. The van der Waals surface area contributed by atoms with Crippen LogP contribution < -0.4 is 4.90 Å². The first kappa shape index (κ1) is 28.6. The van der Waals surface area contributed by atoms with Gasteiger partial charge >= 0.3 is 11.9 Å². The second kappa shape index (κ2) is 11.5. The van der Waals surface area contributed by atoms with E-state index in [1.807, 2.05) is 48.5 Å². The summed E-state index contributed by atoms with van der Waals surface area (Å²) in [5.74, 6) is -0.812. The largest absolute Gasteiger partial charge is 0.457 e. The molecule has 0 amide bonds. The number of carbonyl (C=O) groups is 2. The van der Waals surface area contributed by atoms with E-state index in [9.17, 15) is 9.59 Å². The van der Waals surface area contributed by atoms with Gasteiger partial charge < -0.3 is 14.4 Å². The van der Waals surface area contributed by atoms with Crippen molar-refractivity contribution in [3.63, 3.8) is 0 Å². The number of nitrogens with zero attached hydrogens (tertiary/aromatic N) is 1. The lowest BCUT2D eigenvalue weighted by Gasteiger charge is -2.28. The number of hydrogen-bond acceptors (Lipinski definition) is 5. The number of esters is 2. The number of rotatable bonds is 9. The highest BCUT2D eigenvalue weighted by molar-refractivity contribution is 5.88. The van der Waals surface area contributed by atoms with Crippen molar-refractivity contribution in [2.75, 3.05) is 4.90 Å². The van der Waals surface area contributed by atoms with Crippen LogP contribution in [0.3, 0.4) is 0 Å². The van der Waals surface area contributed by atoms with Crippen LogP contribution in [0.2, 0.25) is 0 Å². The van der Waals surface area contributed by atoms with Crippen LogP contribution in [0.4, 0.5) is 17.1 Å². The Labute approximate surface area is 247 Å². The first-order chi connectivity index (χ1) is 20.1. The average molecular weight is 558 g/mol. The highest BCUT2D eigenvalue weighted by atomic mass is 16.5. The molecule has 0 heterocycles. The predicted molar refractivity (Wildman–Crippen MR) is 168 cm³/mol. The zero-order chi connectivity index (χ0) is 30.0. The average Bonchev–Trinajstić information content (AvgIpc) is 3.22. The first-order valence-electron chi connectivity index (χ1n) is 13.9. The summed E-state index contributed by atoms with van der Waals surface area (Å²) in [6.07, 6.45) is 0. The zero-order valence-electron chi connectivity index (χ0n) is 24.6. The van der Waals surface area contributed by atoms with E-state index < -0.39 is 11.9 Å². The molecule has 1 aliphatic rings. The van der Waals surface area contributed by atoms with Crippen molar-refractivity contribution in [2.45, 2.75) is 46.3 Å². The van der Waals surface area contributed by atoms with Crippen molar-refractivity contribution in [1.82, 2.24) is 0 Å². The summed E-state index contributed by atoms with van der Waals surface area (Å²) in [4.78, 5) is 25.9. The molecule has 212 valence electrons. The number of ether oxygens (including phenoxy) is 2. The molecule has 0 saturated heterocycles. The smallest absolute Gasteiger partial charge is 0.333 e. The maximum Gasteiger partial charge on any atom is 0.333 e. The Hall–Kier alpha value is -4.90. The van der Waals surface area contributed by atoms with E-state index in [1.165, 1.54) is 22.3 Å². The van der Waals surface area contributed by atoms with Gasteiger partial charge in [-0.15, -0.1) is 0 Å². The minimum Gasteiger partial charge on any atom is -0.457 e. The van der Waals surface area contributed by atoms with Crippen LogP contribution in [0.15, 0.2) is 115 Å². The van der Waals surface area contributed by atoms with Gasteiger partial charge in [-0.1, -0.05) is 81.6 Å². The maximum absolute atomic E-state index is 11.9. The molecular formula is C37H35NO4. The summed E-state index contributed by atoms with van der Waals surface area (Å²) in [6, 6.07) is 31.2. The van der Waals surface area contributed by atoms with E-state index in [-0.39, 0.29) is 18.6 Å². The Kier molecular flexibility index (Phi) is 7.86. The summed E-state index contributed by atoms with van der Waals surface area (Å²) >= 11 is 0. The third-order valence-electron chi connectivity index (χ3n) is 7.65. The Morgan fingerprint density at radius 3 is 1.60 bits per heavy atom. The molecule has 0 aliphatic heterocycles. The molecule has 0 N–H and O–H groups in total. The fourth-order valence-corrected chi connectivity index (χ4v) is 5.31. The summed E-state index contributed by atoms with van der Waals surface area (Å²) < 4.78 is 10.7. The van der Waals surface area contributed by atoms with E-state index in [1.54, 1.807) is 13.8 Å². The summed E-state index contributed by atoms with van der Waals surface area (Å²) in [6.45, 7) is 15.5. The fourth-order valence-electron chi connectivity index (χ4n) is 5.31. The van der Waals surface area contributed by atoms with Gasteiger partial charge in [0, 0.05) is 33.6 Å². The number of benzene rings is 4. The monoisotopic (exact) mass is 557 g/mol. The van der Waals surface area contributed by atoms with Crippen LogP contribution in [0.1, 0.15) is 49.9 Å². The Bertz CT molecular complexity index is 1610. The number of fused-ring (bicyclic) bond motifs is 3. The molecule has 0 aromatic heterocycles. The van der Waals surface area contributed by atoms with E-state index in [0.717, 1.165) is 28.2 Å². The van der Waals surface area contributed by atoms with Crippen LogP contribution in [-0.4, -0.2) is 11.9 Å². The lowest BCUT2D eigenvalue weighted by molar-refractivity contribution is -0.141. The molecule has 1 aliphatic carbocycles. The van der Waals surface area contributed by atoms with Crippen molar-refractivity contribution in [1.29, 1.82) is 0 Å². The van der Waals surface area contributed by atoms with Crippen LogP contribution >= 0.6 is 0 Å². The molecule has 0 atom stereocenters. The Balaban J connectivity index is 1.50. The second-order valence-electron chi connectivity index (χ2n) is 11.3. The molecule has 4 aromatic rings. The SMILES string of the molecule is C=C(C)C(=O)OCc1ccc(N(c2ccc(COC(=O)C(=C)C)cc2)c2ccc3c(c2)C(C)(C)c2ccccc2-3)cc1. The van der Waals surface area contributed by atoms with Crippen molar-refractivity contribution in [2.24, 2.45) is 0 Å². The van der Waals surface area contributed by atoms with Crippen molar-refractivity contribution in [3.8, 4) is 11.1 Å². The maximum atomic E-state index is 11.9. The summed E-state index contributed by atoms with van der Waals surface area (Å²) in [7, 11) is 0. The van der Waals surface area contributed by atoms with E-state index in [2.05, 4.69) is 74.4 Å². The van der Waals surface area contributed by atoms with Gasteiger partial charge in [0.25, 0.3) is 0 Å². The lowest BCUT2D eigenvalue weighted by Crippen LogP contribution is -2.16. The molecule has 5 nitrogen and oxygen atoms in total. The third-order valence-corrected chi connectivity index (χ3v) is 7.65. The fraction of sp³-hybridized carbons (Fsp3) is 0.189. The molecule has 42 heavy (non-hydrogen) atoms. The highest BCUT2D eigenvalue weighted by Gasteiger charge is 2.35. The molecule has 4 aromatic carbocycles. The standard InChI is InChI=1S/C37H35NO4/c1-24(2)35(39)41-22-26-11-15-28(16-12-26)38(29-17-13-27(14-18-29)23-42-36(40)25(3)4)30-19-20-32-31-9-7-8-10-33(31)37(5,6)34(32)21-30/h7-21H,1,3,22-23H2,2,4-6H3. The van der Waals surface area contributed by atoms with Gasteiger partial charge in [-0.05, 0) is 83.6 Å². The van der Waals surface area contributed by atoms with Crippen LogP contribution in [-0.2, 0) is 37.7 Å². The van der Waals surface area contributed by atoms with Gasteiger partial charge in [-0.3, -0.25) is 0 Å². The normalized spacial score (nSPS) is 12.6. The van der Waals surface area contributed by atoms with Crippen LogP contribution in [0, 0.1) is 0 Å². The van der Waals surface area contributed by atoms with Crippen LogP contribution in [0.25, 0.3) is 11.1 Å². The Morgan fingerprint density at radius 1 is 0.643 bits per heavy atom. The molecular weight excluding hydrogens is 522 g/mol. The molecule has 0 radical (unpaired) electrons. The topological polar surface area (TPSA) is 55.8 Å². The quantitative estimate of drug-likeness (QED) is 0.152. The summed E-state index contributed by atoms with van der Waals surface area (Å²) in [5.41, 5.74) is 10.4. The van der Waals surface area contributed by atoms with E-state index in [0.29, 0.717) is 11.1 Å².